The second-order valence-corrected chi connectivity index (χ2v) is 11.1. The summed E-state index contributed by atoms with van der Waals surface area (Å²) in [5.74, 6) is 0.534. The number of H-pyrrole nitrogens is 1. The van der Waals surface area contributed by atoms with Gasteiger partial charge in [-0.05, 0) is 29.9 Å². The van der Waals surface area contributed by atoms with Crippen LogP contribution in [0.1, 0.15) is 54.9 Å². The van der Waals surface area contributed by atoms with Crippen LogP contribution in [0.2, 0.25) is 0 Å². The van der Waals surface area contributed by atoms with Gasteiger partial charge < -0.3 is 10.3 Å². The van der Waals surface area contributed by atoms with Gasteiger partial charge in [0.05, 0.1) is 10.5 Å². The fourth-order valence-electron chi connectivity index (χ4n) is 4.92. The summed E-state index contributed by atoms with van der Waals surface area (Å²) in [4.78, 5) is 44.8. The SMILES string of the molecule is Cc1ccc(C2C3=C(CC(C)(C)CC3=O)Nc3nc(SCc4ccc([N+](=O)[O-])cc4)[nH]c(=O)c32)cc1. The molecule has 1 aliphatic heterocycles. The van der Waals surface area contributed by atoms with Crippen molar-refractivity contribution in [3.8, 4) is 0 Å². The molecule has 2 heterocycles. The number of anilines is 1. The predicted molar refractivity (Wildman–Crippen MR) is 139 cm³/mol. The van der Waals surface area contributed by atoms with E-state index in [1.807, 2.05) is 31.2 Å². The number of rotatable bonds is 5. The third-order valence-electron chi connectivity index (χ3n) is 6.63. The van der Waals surface area contributed by atoms with Crippen molar-refractivity contribution in [1.82, 2.24) is 9.97 Å². The Bertz CT molecular complexity index is 1460. The zero-order valence-electron chi connectivity index (χ0n) is 20.3. The van der Waals surface area contributed by atoms with Crippen molar-refractivity contribution >= 4 is 29.1 Å². The van der Waals surface area contributed by atoms with Crippen LogP contribution in [0.5, 0.6) is 0 Å². The summed E-state index contributed by atoms with van der Waals surface area (Å²) >= 11 is 1.34. The van der Waals surface area contributed by atoms with Crippen molar-refractivity contribution in [2.45, 2.75) is 50.4 Å². The first kappa shape index (κ1) is 24.0. The van der Waals surface area contributed by atoms with Crippen molar-refractivity contribution in [1.29, 1.82) is 0 Å². The van der Waals surface area contributed by atoms with Crippen LogP contribution in [-0.4, -0.2) is 20.7 Å². The number of fused-ring (bicyclic) bond motifs is 1. The molecule has 3 aromatic rings. The lowest BCUT2D eigenvalue weighted by molar-refractivity contribution is -0.384. The first-order chi connectivity index (χ1) is 17.1. The zero-order chi connectivity index (χ0) is 25.6. The van der Waals surface area contributed by atoms with Gasteiger partial charge >= 0.3 is 0 Å². The van der Waals surface area contributed by atoms with Gasteiger partial charge in [0.15, 0.2) is 10.9 Å². The number of carbonyl (C=O) groups excluding carboxylic acids is 1. The zero-order valence-corrected chi connectivity index (χ0v) is 21.1. The van der Waals surface area contributed by atoms with E-state index < -0.39 is 10.8 Å². The molecule has 0 amide bonds. The predicted octanol–water partition coefficient (Wildman–Crippen LogP) is 5.48. The number of aromatic nitrogens is 2. The second-order valence-electron chi connectivity index (χ2n) is 10.1. The number of aryl methyl sites for hydroxylation is 1. The summed E-state index contributed by atoms with van der Waals surface area (Å²) < 4.78 is 0. The molecule has 5 rings (SSSR count). The summed E-state index contributed by atoms with van der Waals surface area (Å²) in [6, 6.07) is 14.2. The molecule has 0 saturated carbocycles. The fourth-order valence-corrected chi connectivity index (χ4v) is 5.74. The molecule has 2 aromatic carbocycles. The van der Waals surface area contributed by atoms with Gasteiger partial charge in [-0.1, -0.05) is 67.6 Å². The number of ketones is 1. The maximum absolute atomic E-state index is 13.4. The van der Waals surface area contributed by atoms with Crippen molar-refractivity contribution < 1.29 is 9.72 Å². The maximum atomic E-state index is 13.4. The molecule has 1 aromatic heterocycles. The normalized spacial score (nSPS) is 18.3. The van der Waals surface area contributed by atoms with Gasteiger partial charge in [0.1, 0.15) is 5.82 Å². The van der Waals surface area contributed by atoms with Crippen molar-refractivity contribution in [3.63, 3.8) is 0 Å². The van der Waals surface area contributed by atoms with Crippen LogP contribution < -0.4 is 10.9 Å². The van der Waals surface area contributed by atoms with Gasteiger partial charge in [-0.25, -0.2) is 4.98 Å². The Kier molecular flexibility index (Phi) is 6.04. The van der Waals surface area contributed by atoms with E-state index in [2.05, 4.69) is 24.1 Å². The van der Waals surface area contributed by atoms with E-state index in [4.69, 9.17) is 4.98 Å². The van der Waals surface area contributed by atoms with Gasteiger partial charge in [-0.3, -0.25) is 19.7 Å². The molecule has 1 atom stereocenters. The van der Waals surface area contributed by atoms with Gasteiger partial charge in [-0.2, -0.15) is 0 Å². The first-order valence-corrected chi connectivity index (χ1v) is 12.7. The minimum atomic E-state index is -0.481. The molecule has 36 heavy (non-hydrogen) atoms. The third kappa shape index (κ3) is 4.58. The maximum Gasteiger partial charge on any atom is 0.269 e. The van der Waals surface area contributed by atoms with Crippen LogP contribution in [0.3, 0.4) is 0 Å². The van der Waals surface area contributed by atoms with Gasteiger partial charge in [-0.15, -0.1) is 0 Å². The van der Waals surface area contributed by atoms with E-state index in [0.29, 0.717) is 40.7 Å². The minimum absolute atomic E-state index is 0.0319. The number of nitro groups is 1. The molecule has 2 N–H and O–H groups in total. The number of nitrogens with one attached hydrogen (secondary N) is 2. The largest absolute Gasteiger partial charge is 0.343 e. The smallest absolute Gasteiger partial charge is 0.269 e. The van der Waals surface area contributed by atoms with E-state index >= 15 is 0 Å². The first-order valence-electron chi connectivity index (χ1n) is 11.7. The minimum Gasteiger partial charge on any atom is -0.343 e. The second kappa shape index (κ2) is 9.05. The summed E-state index contributed by atoms with van der Waals surface area (Å²) in [5.41, 5.74) is 4.37. The molecule has 1 unspecified atom stereocenters. The number of non-ortho nitro benzene ring substituents is 1. The van der Waals surface area contributed by atoms with Gasteiger partial charge in [0.25, 0.3) is 11.2 Å². The molecule has 0 spiro atoms. The summed E-state index contributed by atoms with van der Waals surface area (Å²) in [6.07, 6.45) is 1.12. The molecule has 0 fully saturated rings. The molecule has 0 radical (unpaired) electrons. The molecular formula is C27H26N4O4S. The third-order valence-corrected chi connectivity index (χ3v) is 7.58. The Balaban J connectivity index is 1.52. The Morgan fingerprint density at radius 2 is 1.78 bits per heavy atom. The highest BCUT2D eigenvalue weighted by atomic mass is 32.2. The topological polar surface area (TPSA) is 118 Å². The molecule has 1 aliphatic carbocycles. The molecular weight excluding hydrogens is 476 g/mol. The van der Waals surface area contributed by atoms with Gasteiger partial charge in [0, 0.05) is 41.5 Å². The average molecular weight is 503 g/mol. The van der Waals surface area contributed by atoms with Crippen molar-refractivity contribution in [3.05, 3.63) is 103 Å². The lowest BCUT2D eigenvalue weighted by Gasteiger charge is -2.38. The van der Waals surface area contributed by atoms with Crippen LogP contribution >= 0.6 is 11.8 Å². The number of benzene rings is 2. The van der Waals surface area contributed by atoms with Crippen LogP contribution in [0, 0.1) is 22.5 Å². The monoisotopic (exact) mass is 502 g/mol. The Morgan fingerprint density at radius 1 is 1.08 bits per heavy atom. The summed E-state index contributed by atoms with van der Waals surface area (Å²) in [7, 11) is 0. The number of hydrogen-bond donors (Lipinski definition) is 2. The molecule has 8 nitrogen and oxygen atoms in total. The Labute approximate surface area is 212 Å². The standard InChI is InChI=1S/C27H26N4O4S/c1-15-4-8-17(9-5-15)21-22-19(12-27(2,3)13-20(22)32)28-24-23(21)25(33)30-26(29-24)36-14-16-6-10-18(11-7-16)31(34)35/h4-11,21H,12-14H2,1-3H3,(H2,28,29,30,33). The van der Waals surface area contributed by atoms with E-state index in [9.17, 15) is 19.7 Å². The van der Waals surface area contributed by atoms with Crippen LogP contribution in [0.25, 0.3) is 0 Å². The van der Waals surface area contributed by atoms with E-state index in [1.54, 1.807) is 12.1 Å². The highest BCUT2D eigenvalue weighted by Gasteiger charge is 2.42. The highest BCUT2D eigenvalue weighted by Crippen LogP contribution is 2.47. The number of nitrogens with zero attached hydrogens (tertiary/aromatic N) is 2. The van der Waals surface area contributed by atoms with Crippen molar-refractivity contribution in [2.75, 3.05) is 5.32 Å². The highest BCUT2D eigenvalue weighted by molar-refractivity contribution is 7.98. The lowest BCUT2D eigenvalue weighted by atomic mass is 9.69. The number of allylic oxidation sites excluding steroid dienone is 2. The van der Waals surface area contributed by atoms with Gasteiger partial charge in [0.2, 0.25) is 0 Å². The molecule has 2 aliphatic rings. The number of thioether (sulfide) groups is 1. The van der Waals surface area contributed by atoms with Crippen LogP contribution in [-0.2, 0) is 10.5 Å². The van der Waals surface area contributed by atoms with E-state index in [0.717, 1.165) is 22.4 Å². The van der Waals surface area contributed by atoms with Crippen LogP contribution in [0.15, 0.2) is 69.8 Å². The quantitative estimate of drug-likeness (QED) is 0.205. The number of carbonyl (C=O) groups is 1. The van der Waals surface area contributed by atoms with Crippen LogP contribution in [0.4, 0.5) is 11.5 Å². The summed E-state index contributed by atoms with van der Waals surface area (Å²) in [5, 5.41) is 14.7. The molecule has 0 bridgehead atoms. The van der Waals surface area contributed by atoms with E-state index in [1.165, 1.54) is 23.9 Å². The number of nitro benzene ring substituents is 1. The van der Waals surface area contributed by atoms with Crippen molar-refractivity contribution in [2.24, 2.45) is 5.41 Å². The summed E-state index contributed by atoms with van der Waals surface area (Å²) in [6.45, 7) is 6.15. The average Bonchev–Trinajstić information content (AvgIpc) is 2.81. The molecule has 9 heteroatoms. The lowest BCUT2D eigenvalue weighted by Crippen LogP contribution is -2.37. The number of aromatic amines is 1. The Morgan fingerprint density at radius 3 is 2.44 bits per heavy atom. The van der Waals surface area contributed by atoms with E-state index in [-0.39, 0.29) is 22.4 Å². The fraction of sp³-hybridized carbons (Fsp3) is 0.296. The Hall–Kier alpha value is -3.72. The molecule has 0 saturated heterocycles. The number of Topliss-reactive ketones (excluding diaryl/α,β-unsaturated/α-hetero) is 1. The molecule has 184 valence electrons. The number of hydrogen-bond acceptors (Lipinski definition) is 7.